The molecule has 0 rings (SSSR count). The van der Waals surface area contributed by atoms with Crippen LogP contribution in [0.5, 0.6) is 0 Å². The van der Waals surface area contributed by atoms with Crippen molar-refractivity contribution < 1.29 is 31.8 Å². The van der Waals surface area contributed by atoms with Crippen LogP contribution >= 0.6 is 0 Å². The van der Waals surface area contributed by atoms with Gasteiger partial charge in [-0.05, 0) is 25.8 Å². The van der Waals surface area contributed by atoms with E-state index in [9.17, 15) is 27.1 Å². The summed E-state index contributed by atoms with van der Waals surface area (Å²) in [5.41, 5.74) is -0.537. The Labute approximate surface area is 115 Å². The molecule has 0 aromatic heterocycles. The minimum atomic E-state index is -5.59. The maximum Gasteiger partial charge on any atom is 0.455 e. The molecule has 0 aromatic carbocycles. The monoisotopic (exact) mass is 307 g/mol. The highest BCUT2D eigenvalue weighted by atomic mass is 19.4. The first kappa shape index (κ1) is 19.5. The predicted octanol–water partition coefficient (Wildman–Crippen LogP) is 2.73. The number of likely N-dealkylation sites (N-methyl/N-ethyl adjacent to an activating group) is 1. The van der Waals surface area contributed by atoms with E-state index in [0.29, 0.717) is 19.4 Å². The Bertz CT molecular complexity index is 267. The van der Waals surface area contributed by atoms with Crippen LogP contribution in [0.2, 0.25) is 0 Å². The van der Waals surface area contributed by atoms with Gasteiger partial charge >= 0.3 is 12.1 Å². The summed E-state index contributed by atoms with van der Waals surface area (Å²) in [5.74, 6) is -4.83. The summed E-state index contributed by atoms with van der Waals surface area (Å²) in [7, 11) is 0. The molecule has 20 heavy (non-hydrogen) atoms. The van der Waals surface area contributed by atoms with Crippen LogP contribution in [0.4, 0.5) is 22.0 Å². The number of halogens is 5. The van der Waals surface area contributed by atoms with Gasteiger partial charge in [-0.3, -0.25) is 0 Å². The quantitative estimate of drug-likeness (QED) is 0.482. The molecular weight excluding hydrogens is 285 g/mol. The second kappa shape index (κ2) is 8.09. The molecule has 0 saturated carbocycles. The number of aliphatic hydroxyl groups excluding tert-OH is 1. The summed E-state index contributed by atoms with van der Waals surface area (Å²) in [4.78, 5) is 0. The van der Waals surface area contributed by atoms with E-state index in [4.69, 9.17) is 0 Å². The second-order valence-corrected chi connectivity index (χ2v) is 4.68. The summed E-state index contributed by atoms with van der Waals surface area (Å²) in [6.45, 7) is 2.34. The normalized spacial score (nSPS) is 16.2. The molecule has 122 valence electrons. The number of nitrogens with one attached hydrogen (secondary N) is 1. The minimum Gasteiger partial charge on any atom is -0.394 e. The standard InChI is InChI=1S/C12H22F5NO2/c1-3-10(8-19,18-4-2)6-5-7-20-9-11(13,14)12(15,16)17/h18-19H,3-9H2,1-2H3. The molecule has 0 heterocycles. The molecule has 0 amide bonds. The van der Waals surface area contributed by atoms with Crippen molar-refractivity contribution in [2.75, 3.05) is 26.4 Å². The van der Waals surface area contributed by atoms with Gasteiger partial charge in [0, 0.05) is 12.1 Å². The molecule has 8 heteroatoms. The highest BCUT2D eigenvalue weighted by Crippen LogP contribution is 2.35. The average Bonchev–Trinajstić information content (AvgIpc) is 2.35. The van der Waals surface area contributed by atoms with Gasteiger partial charge in [-0.15, -0.1) is 0 Å². The molecule has 0 spiro atoms. The van der Waals surface area contributed by atoms with Gasteiger partial charge in [0.2, 0.25) is 0 Å². The van der Waals surface area contributed by atoms with Crippen molar-refractivity contribution in [3.8, 4) is 0 Å². The highest BCUT2D eigenvalue weighted by Gasteiger charge is 2.57. The van der Waals surface area contributed by atoms with Crippen molar-refractivity contribution in [2.45, 2.75) is 50.7 Å². The molecule has 0 bridgehead atoms. The minimum absolute atomic E-state index is 0.129. The van der Waals surface area contributed by atoms with Crippen molar-refractivity contribution >= 4 is 0 Å². The van der Waals surface area contributed by atoms with Gasteiger partial charge < -0.3 is 15.2 Å². The van der Waals surface area contributed by atoms with Crippen LogP contribution in [-0.4, -0.2) is 49.1 Å². The first-order chi connectivity index (χ1) is 9.14. The Balaban J connectivity index is 4.08. The molecule has 0 aromatic rings. The van der Waals surface area contributed by atoms with E-state index in [1.165, 1.54) is 0 Å². The molecule has 0 radical (unpaired) electrons. The van der Waals surface area contributed by atoms with E-state index < -0.39 is 24.2 Å². The van der Waals surface area contributed by atoms with Crippen LogP contribution < -0.4 is 5.32 Å². The molecule has 0 aliphatic heterocycles. The summed E-state index contributed by atoms with van der Waals surface area (Å²) in [6.07, 6.45) is -4.24. The average molecular weight is 307 g/mol. The van der Waals surface area contributed by atoms with E-state index in [2.05, 4.69) is 10.1 Å². The predicted molar refractivity (Wildman–Crippen MR) is 64.8 cm³/mol. The SMILES string of the molecule is CCNC(CC)(CO)CCCOCC(F)(F)C(F)(F)F. The number of alkyl halides is 5. The fourth-order valence-corrected chi connectivity index (χ4v) is 1.81. The molecule has 0 aliphatic carbocycles. The lowest BCUT2D eigenvalue weighted by atomic mass is 9.91. The summed E-state index contributed by atoms with van der Waals surface area (Å²) >= 11 is 0. The lowest BCUT2D eigenvalue weighted by molar-refractivity contribution is -0.296. The zero-order valence-electron chi connectivity index (χ0n) is 11.7. The van der Waals surface area contributed by atoms with Crippen molar-refractivity contribution in [1.29, 1.82) is 0 Å². The topological polar surface area (TPSA) is 41.5 Å². The van der Waals surface area contributed by atoms with Crippen LogP contribution in [0.15, 0.2) is 0 Å². The number of hydrogen-bond donors (Lipinski definition) is 2. The molecular formula is C12H22F5NO2. The largest absolute Gasteiger partial charge is 0.455 e. The Morgan fingerprint density at radius 3 is 2.10 bits per heavy atom. The molecule has 1 atom stereocenters. The lowest BCUT2D eigenvalue weighted by Gasteiger charge is -2.32. The van der Waals surface area contributed by atoms with Crippen LogP contribution in [0.25, 0.3) is 0 Å². The summed E-state index contributed by atoms with van der Waals surface area (Å²) < 4.78 is 65.1. The zero-order valence-corrected chi connectivity index (χ0v) is 11.7. The third-order valence-electron chi connectivity index (χ3n) is 3.17. The van der Waals surface area contributed by atoms with Gasteiger partial charge in [0.25, 0.3) is 0 Å². The molecule has 1 unspecified atom stereocenters. The van der Waals surface area contributed by atoms with Gasteiger partial charge in [-0.25, -0.2) is 0 Å². The fourth-order valence-electron chi connectivity index (χ4n) is 1.81. The first-order valence-electron chi connectivity index (χ1n) is 6.52. The van der Waals surface area contributed by atoms with Crippen molar-refractivity contribution in [1.82, 2.24) is 5.32 Å². The van der Waals surface area contributed by atoms with Crippen LogP contribution in [0.1, 0.15) is 33.1 Å². The van der Waals surface area contributed by atoms with E-state index in [1.807, 2.05) is 13.8 Å². The van der Waals surface area contributed by atoms with Gasteiger partial charge in [-0.1, -0.05) is 13.8 Å². The number of aliphatic hydroxyl groups is 1. The van der Waals surface area contributed by atoms with Gasteiger partial charge in [0.05, 0.1) is 6.61 Å². The Kier molecular flexibility index (Phi) is 7.90. The highest BCUT2D eigenvalue weighted by molar-refractivity contribution is 4.85. The molecule has 0 aliphatic rings. The van der Waals surface area contributed by atoms with Crippen molar-refractivity contribution in [3.05, 3.63) is 0 Å². The van der Waals surface area contributed by atoms with Crippen molar-refractivity contribution in [2.24, 2.45) is 0 Å². The van der Waals surface area contributed by atoms with Gasteiger partial charge in [-0.2, -0.15) is 22.0 Å². The maximum atomic E-state index is 12.5. The molecule has 3 nitrogen and oxygen atoms in total. The zero-order chi connectivity index (χ0) is 15.9. The van der Waals surface area contributed by atoms with E-state index in [1.54, 1.807) is 0 Å². The van der Waals surface area contributed by atoms with Crippen LogP contribution in [-0.2, 0) is 4.74 Å². The summed E-state index contributed by atoms with van der Waals surface area (Å²) in [6, 6.07) is 0. The Hall–Kier alpha value is -0.470. The van der Waals surface area contributed by atoms with E-state index in [0.717, 1.165) is 0 Å². The third kappa shape index (κ3) is 5.88. The van der Waals surface area contributed by atoms with Crippen LogP contribution in [0.3, 0.4) is 0 Å². The maximum absolute atomic E-state index is 12.5. The Morgan fingerprint density at radius 2 is 1.70 bits per heavy atom. The van der Waals surface area contributed by atoms with Gasteiger partial charge in [0.1, 0.15) is 6.61 Å². The fraction of sp³-hybridized carbons (Fsp3) is 1.00. The second-order valence-electron chi connectivity index (χ2n) is 4.68. The summed E-state index contributed by atoms with van der Waals surface area (Å²) in [5, 5.41) is 12.4. The van der Waals surface area contributed by atoms with E-state index in [-0.39, 0.29) is 19.6 Å². The number of hydrogen-bond acceptors (Lipinski definition) is 3. The Morgan fingerprint density at radius 1 is 1.10 bits per heavy atom. The first-order valence-corrected chi connectivity index (χ1v) is 6.52. The van der Waals surface area contributed by atoms with E-state index >= 15 is 0 Å². The lowest BCUT2D eigenvalue weighted by Crippen LogP contribution is -2.48. The molecule has 2 N–H and O–H groups in total. The third-order valence-corrected chi connectivity index (χ3v) is 3.17. The molecule has 0 fully saturated rings. The number of ether oxygens (including phenoxy) is 1. The number of rotatable bonds is 10. The van der Waals surface area contributed by atoms with Gasteiger partial charge in [0.15, 0.2) is 0 Å². The van der Waals surface area contributed by atoms with Crippen LogP contribution in [0, 0.1) is 0 Å². The molecule has 0 saturated heterocycles. The smallest absolute Gasteiger partial charge is 0.394 e. The van der Waals surface area contributed by atoms with Crippen molar-refractivity contribution in [3.63, 3.8) is 0 Å².